The number of nitrogens with two attached hydrogens (primary N) is 1. The molecule has 148 valence electrons. The Hall–Kier alpha value is -1.43. The maximum absolute atomic E-state index is 13.1. The Bertz CT molecular complexity index is 630. The highest BCUT2D eigenvalue weighted by molar-refractivity contribution is 5.81. The third kappa shape index (κ3) is 4.05. The molecule has 1 aromatic carbocycles. The molecule has 1 saturated carbocycles. The molecule has 2 N–H and O–H groups in total. The van der Waals surface area contributed by atoms with Gasteiger partial charge in [-0.2, -0.15) is 0 Å². The first kappa shape index (κ1) is 18.9. The molecule has 0 bridgehead atoms. The number of hydrogen-bond donors (Lipinski definition) is 1. The molecule has 27 heavy (non-hydrogen) atoms. The number of amides is 1. The minimum atomic E-state index is -0.278. The van der Waals surface area contributed by atoms with Gasteiger partial charge < -0.3 is 15.4 Å². The topological polar surface area (TPSA) is 58.8 Å². The lowest BCUT2D eigenvalue weighted by Gasteiger charge is -2.53. The third-order valence-electron chi connectivity index (χ3n) is 6.75. The summed E-state index contributed by atoms with van der Waals surface area (Å²) in [6.07, 6.45) is 7.75. The highest BCUT2D eigenvalue weighted by atomic mass is 16.5. The Kier molecular flexibility index (Phi) is 5.81. The van der Waals surface area contributed by atoms with E-state index < -0.39 is 0 Å². The summed E-state index contributed by atoms with van der Waals surface area (Å²) in [6.45, 7) is 4.11. The molecule has 3 aliphatic rings. The van der Waals surface area contributed by atoms with E-state index in [0.717, 1.165) is 39.0 Å². The van der Waals surface area contributed by atoms with Gasteiger partial charge >= 0.3 is 0 Å². The van der Waals surface area contributed by atoms with Crippen LogP contribution in [0.3, 0.4) is 0 Å². The van der Waals surface area contributed by atoms with Gasteiger partial charge in [0.15, 0.2) is 0 Å². The van der Waals surface area contributed by atoms with Crippen LogP contribution in [0.4, 0.5) is 0 Å². The molecule has 1 aliphatic carbocycles. The molecule has 5 heteroatoms. The largest absolute Gasteiger partial charge is 0.364 e. The van der Waals surface area contributed by atoms with Crippen LogP contribution in [0.1, 0.15) is 50.5 Å². The van der Waals surface area contributed by atoms with Crippen molar-refractivity contribution >= 4 is 5.91 Å². The summed E-state index contributed by atoms with van der Waals surface area (Å²) < 4.78 is 5.89. The molecule has 0 radical (unpaired) electrons. The van der Waals surface area contributed by atoms with Crippen LogP contribution in [0, 0.1) is 0 Å². The first-order valence-corrected chi connectivity index (χ1v) is 10.6. The monoisotopic (exact) mass is 371 g/mol. The van der Waals surface area contributed by atoms with Gasteiger partial charge in [-0.1, -0.05) is 49.6 Å². The predicted octanol–water partition coefficient (Wildman–Crippen LogP) is 2.54. The van der Waals surface area contributed by atoms with Crippen molar-refractivity contribution in [1.82, 2.24) is 9.80 Å². The van der Waals surface area contributed by atoms with Crippen LogP contribution in [-0.4, -0.2) is 59.6 Å². The number of nitrogens with zero attached hydrogens (tertiary/aromatic N) is 2. The maximum Gasteiger partial charge on any atom is 0.251 e. The molecule has 0 unspecified atom stereocenters. The van der Waals surface area contributed by atoms with Gasteiger partial charge in [-0.25, -0.2) is 0 Å². The molecule has 2 atom stereocenters. The molecular formula is C22H33N3O2. The molecule has 4 rings (SSSR count). The predicted molar refractivity (Wildman–Crippen MR) is 106 cm³/mol. The molecule has 2 saturated heterocycles. The van der Waals surface area contributed by atoms with Gasteiger partial charge in [0.2, 0.25) is 0 Å². The van der Waals surface area contributed by atoms with E-state index in [-0.39, 0.29) is 23.7 Å². The Labute approximate surface area is 162 Å². The van der Waals surface area contributed by atoms with Gasteiger partial charge in [0, 0.05) is 38.3 Å². The zero-order valence-electron chi connectivity index (χ0n) is 16.3. The Morgan fingerprint density at radius 3 is 2.59 bits per heavy atom. The van der Waals surface area contributed by atoms with Crippen LogP contribution in [0.2, 0.25) is 0 Å². The van der Waals surface area contributed by atoms with Crippen LogP contribution >= 0.6 is 0 Å². The molecule has 2 aliphatic heterocycles. The summed E-state index contributed by atoms with van der Waals surface area (Å²) in [4.78, 5) is 17.8. The molecule has 1 aromatic rings. The second-order valence-corrected chi connectivity index (χ2v) is 8.51. The zero-order valence-corrected chi connectivity index (χ0v) is 16.3. The fourth-order valence-corrected chi connectivity index (χ4v) is 5.20. The van der Waals surface area contributed by atoms with Crippen LogP contribution in [-0.2, 0) is 16.1 Å². The Balaban J connectivity index is 1.47. The van der Waals surface area contributed by atoms with Crippen molar-refractivity contribution in [1.29, 1.82) is 0 Å². The van der Waals surface area contributed by atoms with E-state index in [1.165, 1.54) is 37.7 Å². The van der Waals surface area contributed by atoms with Crippen molar-refractivity contribution in [2.24, 2.45) is 5.73 Å². The van der Waals surface area contributed by atoms with E-state index in [4.69, 9.17) is 10.5 Å². The minimum absolute atomic E-state index is 0.0574. The van der Waals surface area contributed by atoms with E-state index >= 15 is 0 Å². The van der Waals surface area contributed by atoms with E-state index in [9.17, 15) is 4.79 Å². The van der Waals surface area contributed by atoms with Crippen molar-refractivity contribution in [3.8, 4) is 0 Å². The second-order valence-electron chi connectivity index (χ2n) is 8.51. The highest BCUT2D eigenvalue weighted by Gasteiger charge is 2.45. The molecule has 3 fully saturated rings. The smallest absolute Gasteiger partial charge is 0.251 e. The third-order valence-corrected chi connectivity index (χ3v) is 6.75. The normalized spacial score (nSPS) is 28.6. The van der Waals surface area contributed by atoms with E-state index in [0.29, 0.717) is 6.54 Å². The molecule has 1 spiro atoms. The molecule has 0 aromatic heterocycles. The Morgan fingerprint density at radius 1 is 1.11 bits per heavy atom. The number of benzene rings is 1. The summed E-state index contributed by atoms with van der Waals surface area (Å²) in [7, 11) is 0. The summed E-state index contributed by atoms with van der Waals surface area (Å²) >= 11 is 0. The minimum Gasteiger partial charge on any atom is -0.364 e. The first-order chi connectivity index (χ1) is 13.2. The van der Waals surface area contributed by atoms with Gasteiger partial charge in [-0.15, -0.1) is 0 Å². The van der Waals surface area contributed by atoms with Crippen molar-refractivity contribution < 1.29 is 9.53 Å². The van der Waals surface area contributed by atoms with Gasteiger partial charge in [0.05, 0.1) is 6.10 Å². The van der Waals surface area contributed by atoms with Gasteiger partial charge in [-0.05, 0) is 31.2 Å². The fraction of sp³-hybridized carbons (Fsp3) is 0.682. The average Bonchev–Trinajstić information content (AvgIpc) is 3.20. The van der Waals surface area contributed by atoms with Crippen molar-refractivity contribution in [3.05, 3.63) is 35.9 Å². The lowest BCUT2D eigenvalue weighted by atomic mass is 9.78. The number of carbonyl (C=O) groups excluding carboxylic acids is 1. The van der Waals surface area contributed by atoms with E-state index in [2.05, 4.69) is 40.1 Å². The van der Waals surface area contributed by atoms with Crippen molar-refractivity contribution in [2.45, 2.75) is 69.2 Å². The number of piperazine rings is 1. The maximum atomic E-state index is 13.1. The van der Waals surface area contributed by atoms with Crippen molar-refractivity contribution in [2.75, 3.05) is 26.2 Å². The molecule has 5 nitrogen and oxygen atoms in total. The molecular weight excluding hydrogens is 338 g/mol. The fourth-order valence-electron chi connectivity index (χ4n) is 5.20. The summed E-state index contributed by atoms with van der Waals surface area (Å²) in [5.74, 6) is 0.190. The quantitative estimate of drug-likeness (QED) is 0.884. The van der Waals surface area contributed by atoms with E-state index in [1.54, 1.807) is 0 Å². The number of rotatable bonds is 4. The van der Waals surface area contributed by atoms with Gasteiger partial charge in [-0.3, -0.25) is 9.69 Å². The van der Waals surface area contributed by atoms with Crippen LogP contribution < -0.4 is 5.73 Å². The summed E-state index contributed by atoms with van der Waals surface area (Å²) in [5.41, 5.74) is 7.22. The first-order valence-electron chi connectivity index (χ1n) is 10.6. The van der Waals surface area contributed by atoms with Crippen molar-refractivity contribution in [3.63, 3.8) is 0 Å². The number of ether oxygens (including phenoxy) is 1. The number of carbonyl (C=O) groups is 1. The summed E-state index contributed by atoms with van der Waals surface area (Å²) in [6, 6.07) is 10.7. The van der Waals surface area contributed by atoms with Crippen LogP contribution in [0.5, 0.6) is 0 Å². The van der Waals surface area contributed by atoms with Crippen LogP contribution in [0.25, 0.3) is 0 Å². The average molecular weight is 372 g/mol. The molecule has 1 amide bonds. The van der Waals surface area contributed by atoms with Gasteiger partial charge in [0.25, 0.3) is 5.91 Å². The standard InChI is InChI=1S/C22H33N3O2/c23-15-19-9-10-20(27-19)21(26)24-13-14-25(16-18-7-3-1-4-8-18)22(17-24)11-5-2-6-12-22/h1,3-4,7-8,19-20H,2,5-6,9-17,23H2/t19-,20+/m1/s1. The summed E-state index contributed by atoms with van der Waals surface area (Å²) in [5, 5.41) is 0. The highest BCUT2D eigenvalue weighted by Crippen LogP contribution is 2.38. The van der Waals surface area contributed by atoms with Crippen LogP contribution in [0.15, 0.2) is 30.3 Å². The Morgan fingerprint density at radius 2 is 1.89 bits per heavy atom. The lowest BCUT2D eigenvalue weighted by Crippen LogP contribution is -2.64. The number of hydrogen-bond acceptors (Lipinski definition) is 4. The lowest BCUT2D eigenvalue weighted by molar-refractivity contribution is -0.150. The second kappa shape index (κ2) is 8.29. The van der Waals surface area contributed by atoms with E-state index in [1.807, 2.05) is 0 Å². The zero-order chi connectivity index (χ0) is 18.7. The van der Waals surface area contributed by atoms with Gasteiger partial charge in [0.1, 0.15) is 6.10 Å². The molecule has 2 heterocycles. The SMILES string of the molecule is NC[C@H]1CC[C@@H](C(=O)N2CCN(Cc3ccccc3)C3(CCCCC3)C2)O1.